The van der Waals surface area contributed by atoms with E-state index in [1.54, 1.807) is 32.0 Å². The molecular weight excluding hydrogens is 346 g/mol. The minimum Gasteiger partial charge on any atom is -0.508 e. The van der Waals surface area contributed by atoms with Gasteiger partial charge in [-0.1, -0.05) is 30.3 Å². The predicted molar refractivity (Wildman–Crippen MR) is 102 cm³/mol. The van der Waals surface area contributed by atoms with Gasteiger partial charge in [0.1, 0.15) is 11.3 Å². The monoisotopic (exact) mass is 367 g/mol. The lowest BCUT2D eigenvalue weighted by atomic mass is 10.0. The molecule has 1 atom stereocenters. The zero-order valence-electron chi connectivity index (χ0n) is 15.2. The van der Waals surface area contributed by atoms with E-state index in [9.17, 15) is 19.8 Å². The lowest BCUT2D eigenvalue weighted by Crippen LogP contribution is -2.31. The highest BCUT2D eigenvalue weighted by Gasteiger charge is 2.17. The maximum atomic E-state index is 12.3. The molecule has 0 spiro atoms. The lowest BCUT2D eigenvalue weighted by molar-refractivity contribution is -0.120. The van der Waals surface area contributed by atoms with Crippen LogP contribution in [0.25, 0.3) is 11.0 Å². The molecule has 0 radical (unpaired) electrons. The number of aromatic hydroxyl groups is 1. The second-order valence-electron chi connectivity index (χ2n) is 6.49. The Morgan fingerprint density at radius 2 is 1.81 bits per heavy atom. The SMILES string of the molecule is Cc1c(CC(=O)NCC(O)c2ccccc2)c(=O)oc2c(C)c(O)ccc12. The highest BCUT2D eigenvalue weighted by Crippen LogP contribution is 2.28. The van der Waals surface area contributed by atoms with Gasteiger partial charge in [0, 0.05) is 17.5 Å². The summed E-state index contributed by atoms with van der Waals surface area (Å²) in [6.07, 6.45) is -0.971. The molecule has 3 aromatic rings. The Labute approximate surface area is 156 Å². The van der Waals surface area contributed by atoms with Crippen LogP contribution in [0.2, 0.25) is 0 Å². The molecule has 27 heavy (non-hydrogen) atoms. The van der Waals surface area contributed by atoms with Crippen LogP contribution >= 0.6 is 0 Å². The number of fused-ring (bicyclic) bond motifs is 1. The molecule has 1 amide bonds. The van der Waals surface area contributed by atoms with E-state index in [0.717, 1.165) is 0 Å². The summed E-state index contributed by atoms with van der Waals surface area (Å²) in [7, 11) is 0. The molecule has 0 fully saturated rings. The molecule has 1 heterocycles. The number of benzene rings is 2. The molecule has 6 heteroatoms. The van der Waals surface area contributed by atoms with Gasteiger partial charge in [0.2, 0.25) is 5.91 Å². The number of rotatable bonds is 5. The molecule has 0 bridgehead atoms. The van der Waals surface area contributed by atoms with Gasteiger partial charge in [0.15, 0.2) is 0 Å². The molecule has 0 saturated heterocycles. The summed E-state index contributed by atoms with van der Waals surface area (Å²) >= 11 is 0. The molecule has 2 aromatic carbocycles. The van der Waals surface area contributed by atoms with Crippen molar-refractivity contribution >= 4 is 16.9 Å². The Balaban J connectivity index is 1.77. The molecule has 3 rings (SSSR count). The number of carbonyl (C=O) groups is 1. The van der Waals surface area contributed by atoms with Crippen LogP contribution in [0.3, 0.4) is 0 Å². The van der Waals surface area contributed by atoms with E-state index in [1.165, 1.54) is 6.07 Å². The van der Waals surface area contributed by atoms with Crippen molar-refractivity contribution in [3.8, 4) is 5.75 Å². The van der Waals surface area contributed by atoms with Crippen molar-refractivity contribution in [2.75, 3.05) is 6.54 Å². The Kier molecular flexibility index (Phi) is 5.28. The maximum absolute atomic E-state index is 12.3. The summed E-state index contributed by atoms with van der Waals surface area (Å²) in [4.78, 5) is 24.6. The molecule has 0 aliphatic heterocycles. The van der Waals surface area contributed by atoms with Crippen LogP contribution in [0.5, 0.6) is 5.75 Å². The van der Waals surface area contributed by atoms with Gasteiger partial charge in [0.05, 0.1) is 18.1 Å². The van der Waals surface area contributed by atoms with Gasteiger partial charge in [-0.15, -0.1) is 0 Å². The van der Waals surface area contributed by atoms with Crippen molar-refractivity contribution in [3.05, 3.63) is 75.1 Å². The quantitative estimate of drug-likeness (QED) is 0.602. The van der Waals surface area contributed by atoms with Gasteiger partial charge in [-0.3, -0.25) is 4.79 Å². The van der Waals surface area contributed by atoms with Gasteiger partial charge in [-0.2, -0.15) is 0 Å². The van der Waals surface area contributed by atoms with E-state index in [4.69, 9.17) is 4.42 Å². The molecule has 6 nitrogen and oxygen atoms in total. The van der Waals surface area contributed by atoms with E-state index in [2.05, 4.69) is 5.32 Å². The molecule has 1 unspecified atom stereocenters. The first-order chi connectivity index (χ1) is 12.9. The van der Waals surface area contributed by atoms with Crippen molar-refractivity contribution in [1.82, 2.24) is 5.32 Å². The molecule has 0 saturated carbocycles. The fraction of sp³-hybridized carbons (Fsp3) is 0.238. The van der Waals surface area contributed by atoms with Crippen LogP contribution in [-0.2, 0) is 11.2 Å². The largest absolute Gasteiger partial charge is 0.508 e. The van der Waals surface area contributed by atoms with E-state index in [1.807, 2.05) is 18.2 Å². The normalized spacial score (nSPS) is 12.1. The number of amides is 1. The first-order valence-electron chi connectivity index (χ1n) is 8.63. The molecule has 3 N–H and O–H groups in total. The number of phenolic OH excluding ortho intramolecular Hbond substituents is 1. The Hall–Kier alpha value is -3.12. The standard InChI is InChI=1S/C21H21NO5/c1-12-15-8-9-17(23)13(2)20(15)27-21(26)16(12)10-19(25)22-11-18(24)14-6-4-3-5-7-14/h3-9,18,23-24H,10-11H2,1-2H3,(H,22,25). The van der Waals surface area contributed by atoms with Gasteiger partial charge in [0.25, 0.3) is 0 Å². The topological polar surface area (TPSA) is 99.8 Å². The number of nitrogens with one attached hydrogen (secondary N) is 1. The van der Waals surface area contributed by atoms with Gasteiger partial charge < -0.3 is 19.9 Å². The third kappa shape index (κ3) is 3.85. The number of hydrogen-bond donors (Lipinski definition) is 3. The highest BCUT2D eigenvalue weighted by atomic mass is 16.4. The average molecular weight is 367 g/mol. The summed E-state index contributed by atoms with van der Waals surface area (Å²) < 4.78 is 5.34. The summed E-state index contributed by atoms with van der Waals surface area (Å²) in [5.74, 6) is -0.333. The minimum absolute atomic E-state index is 0.0467. The molecule has 0 aliphatic rings. The van der Waals surface area contributed by atoms with Crippen LogP contribution in [0.4, 0.5) is 0 Å². The zero-order chi connectivity index (χ0) is 19.6. The van der Waals surface area contributed by atoms with E-state index in [0.29, 0.717) is 27.7 Å². The zero-order valence-corrected chi connectivity index (χ0v) is 15.2. The average Bonchev–Trinajstić information content (AvgIpc) is 2.67. The first-order valence-corrected chi connectivity index (χ1v) is 8.63. The summed E-state index contributed by atoms with van der Waals surface area (Å²) in [5, 5.41) is 23.2. The van der Waals surface area contributed by atoms with E-state index < -0.39 is 11.7 Å². The fourth-order valence-electron chi connectivity index (χ4n) is 3.01. The molecule has 0 aliphatic carbocycles. The van der Waals surface area contributed by atoms with Crippen molar-refractivity contribution < 1.29 is 19.4 Å². The third-order valence-corrected chi connectivity index (χ3v) is 4.69. The van der Waals surface area contributed by atoms with Crippen LogP contribution in [0.15, 0.2) is 51.7 Å². The third-order valence-electron chi connectivity index (χ3n) is 4.69. The summed E-state index contributed by atoms with van der Waals surface area (Å²) in [6.45, 7) is 3.46. The summed E-state index contributed by atoms with van der Waals surface area (Å²) in [5.41, 5.74) is 1.81. The second kappa shape index (κ2) is 7.63. The number of aryl methyl sites for hydroxylation is 2. The Morgan fingerprint density at radius 1 is 1.11 bits per heavy atom. The van der Waals surface area contributed by atoms with E-state index in [-0.39, 0.29) is 30.2 Å². The molecular formula is C21H21NO5. The van der Waals surface area contributed by atoms with E-state index >= 15 is 0 Å². The van der Waals surface area contributed by atoms with Crippen molar-refractivity contribution in [3.63, 3.8) is 0 Å². The molecule has 1 aromatic heterocycles. The van der Waals surface area contributed by atoms with Crippen LogP contribution in [-0.4, -0.2) is 22.7 Å². The Bertz CT molecular complexity index is 1040. The van der Waals surface area contributed by atoms with Crippen LogP contribution in [0, 0.1) is 13.8 Å². The van der Waals surface area contributed by atoms with Gasteiger partial charge in [-0.05, 0) is 37.1 Å². The lowest BCUT2D eigenvalue weighted by Gasteiger charge is -2.13. The van der Waals surface area contributed by atoms with Crippen LogP contribution < -0.4 is 10.9 Å². The smallest absolute Gasteiger partial charge is 0.340 e. The van der Waals surface area contributed by atoms with Crippen LogP contribution in [0.1, 0.15) is 28.4 Å². The van der Waals surface area contributed by atoms with Crippen molar-refractivity contribution in [2.45, 2.75) is 26.4 Å². The van der Waals surface area contributed by atoms with Gasteiger partial charge >= 0.3 is 5.63 Å². The number of carbonyl (C=O) groups excluding carboxylic acids is 1. The number of hydrogen-bond acceptors (Lipinski definition) is 5. The fourth-order valence-corrected chi connectivity index (χ4v) is 3.01. The minimum atomic E-state index is -0.824. The predicted octanol–water partition coefficient (Wildman–Crippen LogP) is 2.51. The second-order valence-corrected chi connectivity index (χ2v) is 6.49. The van der Waals surface area contributed by atoms with Crippen molar-refractivity contribution in [1.29, 1.82) is 0 Å². The highest BCUT2D eigenvalue weighted by molar-refractivity contribution is 5.87. The first kappa shape index (κ1) is 18.7. The molecule has 140 valence electrons. The summed E-state index contributed by atoms with van der Waals surface area (Å²) in [6, 6.07) is 12.2. The Morgan fingerprint density at radius 3 is 2.52 bits per heavy atom. The maximum Gasteiger partial charge on any atom is 0.340 e. The number of aliphatic hydroxyl groups is 1. The number of phenols is 1. The van der Waals surface area contributed by atoms with Crippen molar-refractivity contribution in [2.24, 2.45) is 0 Å². The van der Waals surface area contributed by atoms with Gasteiger partial charge in [-0.25, -0.2) is 4.79 Å². The number of aliphatic hydroxyl groups excluding tert-OH is 1.